The number of rotatable bonds is 4. The van der Waals surface area contributed by atoms with Crippen molar-refractivity contribution in [3.8, 4) is 45.8 Å². The predicted molar refractivity (Wildman–Crippen MR) is 170 cm³/mol. The van der Waals surface area contributed by atoms with Crippen molar-refractivity contribution in [3.63, 3.8) is 0 Å². The van der Waals surface area contributed by atoms with Crippen LogP contribution in [0.2, 0.25) is 0 Å². The van der Waals surface area contributed by atoms with Crippen LogP contribution in [0.4, 0.5) is 0 Å². The van der Waals surface area contributed by atoms with Crippen LogP contribution in [0.15, 0.2) is 110 Å². The van der Waals surface area contributed by atoms with Crippen LogP contribution in [-0.4, -0.2) is 98.0 Å². The standard InChI is InChI=1S/C13H10N4.C13H9N4.5ClH.2K.2Pt/c2*1-3-7-14-10(5-1)12-9-16-13(17-12)11-6-2-4-8-15-11;;;;;;;;;/h1-9H,(H,16,17);1-9H;5*1H;;;;/q;-1;;;;;;;;+2;+4/p-5. The minimum absolute atomic E-state index is 0.631. The molecular weight excluding hydrogens is 1070 g/mol. The molecule has 6 rings (SSSR count). The van der Waals surface area contributed by atoms with Gasteiger partial charge in [0.1, 0.15) is 5.69 Å². The fourth-order valence-electron chi connectivity index (χ4n) is 3.16. The van der Waals surface area contributed by atoms with E-state index in [1.165, 1.54) is 63.2 Å². The van der Waals surface area contributed by atoms with Crippen LogP contribution in [0, 0.1) is 0 Å². The van der Waals surface area contributed by atoms with Crippen molar-refractivity contribution in [2.45, 2.75) is 0 Å². The zero-order valence-corrected chi connectivity index (χ0v) is 37.1. The SMILES string of the molecule is [Cl][Pt+].[Cl][Pt]([Cl])([Cl])[Cl].[K][K].c1ccc(-c2cnc(-c3ccccn3)[n-]2)nc1.c1ccc(-c2cnc(-c3ccccn3)[nH]2)nc1. The Morgan fingerprint density at radius 3 is 1.49 bits per heavy atom. The molecule has 1 N–H and O–H groups in total. The van der Waals surface area contributed by atoms with Crippen LogP contribution in [-0.2, 0) is 30.7 Å². The molecule has 0 fully saturated rings. The monoisotopic (exact) mass is 1090 g/mol. The number of nitrogens with one attached hydrogen (secondary N) is 1. The molecule has 0 aliphatic rings. The third-order valence-electron chi connectivity index (χ3n) is 4.78. The smallest absolute Gasteiger partial charge is 0.156 e. The molecule has 0 saturated heterocycles. The quantitative estimate of drug-likeness (QED) is 0.184. The first-order chi connectivity index (χ1) is 20.9. The van der Waals surface area contributed by atoms with Gasteiger partial charge in [-0.15, -0.1) is 0 Å². The normalized spacial score (nSPS) is 10.3. The van der Waals surface area contributed by atoms with Crippen LogP contribution >= 0.6 is 47.1 Å². The third kappa shape index (κ3) is 16.2. The molecule has 0 atom stereocenters. The van der Waals surface area contributed by atoms with Gasteiger partial charge in [0.05, 0.1) is 29.0 Å². The maximum atomic E-state index is 5.01. The number of nitrogens with zero attached hydrogens (tertiary/aromatic N) is 7. The third-order valence-corrected chi connectivity index (χ3v) is 4.78. The predicted octanol–water partition coefficient (Wildman–Crippen LogP) is 7.38. The maximum absolute atomic E-state index is 5.01. The number of pyridine rings is 4. The topological polar surface area (TPSA) is 107 Å². The molecule has 17 heteroatoms. The molecule has 0 spiro atoms. The van der Waals surface area contributed by atoms with Crippen molar-refractivity contribution < 1.29 is 30.7 Å². The summed E-state index contributed by atoms with van der Waals surface area (Å²) in [6.07, 6.45) is 10.5. The summed E-state index contributed by atoms with van der Waals surface area (Å²) in [6, 6.07) is 22.9. The van der Waals surface area contributed by atoms with E-state index in [0.717, 1.165) is 40.0 Å². The summed E-state index contributed by atoms with van der Waals surface area (Å²) in [5, 5.41) is 0. The molecule has 8 nitrogen and oxygen atoms in total. The summed E-state index contributed by atoms with van der Waals surface area (Å²) < 4.78 is 0. The van der Waals surface area contributed by atoms with E-state index >= 15 is 0 Å². The van der Waals surface area contributed by atoms with E-state index in [1.807, 2.05) is 72.8 Å². The van der Waals surface area contributed by atoms with Crippen molar-refractivity contribution >= 4 is 110 Å². The Labute approximate surface area is 329 Å². The zero-order chi connectivity index (χ0) is 31.5. The van der Waals surface area contributed by atoms with Crippen LogP contribution < -0.4 is 4.98 Å². The average Bonchev–Trinajstić information content (AvgIpc) is 3.76. The van der Waals surface area contributed by atoms with E-state index in [2.05, 4.69) is 49.3 Å². The van der Waals surface area contributed by atoms with Gasteiger partial charge in [0.15, 0.2) is 5.82 Å². The molecule has 6 aromatic rings. The van der Waals surface area contributed by atoms with E-state index in [1.54, 1.807) is 56.0 Å². The number of imidazole rings is 2. The molecule has 6 heterocycles. The zero-order valence-electron chi connectivity index (χ0n) is 22.5. The minimum Gasteiger partial charge on any atom is -0.441 e. The number of halogens is 5. The molecule has 0 saturated carbocycles. The van der Waals surface area contributed by atoms with Gasteiger partial charge in [-0.3, -0.25) is 19.9 Å². The van der Waals surface area contributed by atoms with E-state index in [0.29, 0.717) is 5.82 Å². The summed E-state index contributed by atoms with van der Waals surface area (Å²) in [7, 11) is 24.6. The summed E-state index contributed by atoms with van der Waals surface area (Å²) in [5.41, 5.74) is 4.96. The molecule has 0 aliphatic carbocycles. The Kier molecular flexibility index (Phi) is 22.0. The van der Waals surface area contributed by atoms with Gasteiger partial charge in [0, 0.05) is 24.8 Å². The summed E-state index contributed by atoms with van der Waals surface area (Å²) in [6.45, 7) is 0. The summed E-state index contributed by atoms with van der Waals surface area (Å²) >= 11 is 1.06. The second-order valence-electron chi connectivity index (χ2n) is 7.36. The first-order valence-corrected chi connectivity index (χ1v) is 42.2. The Balaban J connectivity index is 0.000000237. The first-order valence-electron chi connectivity index (χ1n) is 12.2. The fraction of sp³-hybridized carbons (Fsp3) is 0. The molecule has 0 unspecified atom stereocenters. The van der Waals surface area contributed by atoms with Crippen LogP contribution in [0.25, 0.3) is 45.8 Å². The van der Waals surface area contributed by atoms with Gasteiger partial charge in [0.25, 0.3) is 0 Å². The van der Waals surface area contributed by atoms with E-state index < -0.39 is 11.9 Å². The van der Waals surface area contributed by atoms with Crippen molar-refractivity contribution in [3.05, 3.63) is 110 Å². The molecule has 6 aromatic heterocycles. The average molecular weight is 1090 g/mol. The van der Waals surface area contributed by atoms with Gasteiger partial charge in [-0.2, -0.15) is 0 Å². The van der Waals surface area contributed by atoms with Crippen molar-refractivity contribution in [1.82, 2.24) is 39.9 Å². The fourth-order valence-corrected chi connectivity index (χ4v) is 3.16. The number of aromatic nitrogens is 8. The molecule has 220 valence electrons. The van der Waals surface area contributed by atoms with Crippen molar-refractivity contribution in [2.24, 2.45) is 0 Å². The second-order valence-corrected chi connectivity index (χ2v) is 27.1. The number of H-pyrrole nitrogens is 1. The van der Waals surface area contributed by atoms with E-state index in [4.69, 9.17) is 37.7 Å². The number of hydrogen-bond donors (Lipinski definition) is 1. The largest absolute Gasteiger partial charge is 0.441 e. The molecule has 0 aliphatic heterocycles. The molecule has 0 aromatic carbocycles. The Bertz CT molecular complexity index is 1340. The summed E-state index contributed by atoms with van der Waals surface area (Å²) in [4.78, 5) is 33.1. The van der Waals surface area contributed by atoms with Crippen molar-refractivity contribution in [1.29, 1.82) is 0 Å². The van der Waals surface area contributed by atoms with Crippen LogP contribution in [0.1, 0.15) is 0 Å². The maximum Gasteiger partial charge on any atom is 0.156 e. The molecule has 0 amide bonds. The van der Waals surface area contributed by atoms with Gasteiger partial charge < -0.3 is 15.0 Å². The van der Waals surface area contributed by atoms with Gasteiger partial charge in [-0.05, 0) is 60.0 Å². The molecule has 43 heavy (non-hydrogen) atoms. The van der Waals surface area contributed by atoms with Crippen LogP contribution in [0.3, 0.4) is 0 Å². The van der Waals surface area contributed by atoms with Crippen LogP contribution in [0.5, 0.6) is 0 Å². The Morgan fingerprint density at radius 1 is 0.581 bits per heavy atom. The Morgan fingerprint density at radius 2 is 1.02 bits per heavy atom. The van der Waals surface area contributed by atoms with E-state index in [-0.39, 0.29) is 0 Å². The van der Waals surface area contributed by atoms with Gasteiger partial charge in [-0.25, -0.2) is 4.98 Å². The number of hydrogen-bond acceptors (Lipinski definition) is 6. The molecule has 0 bridgehead atoms. The number of aromatic amines is 1. The Hall–Kier alpha value is 1.12. The molecule has 0 radical (unpaired) electrons. The second kappa shape index (κ2) is 23.4. The minimum atomic E-state index is -3.06. The van der Waals surface area contributed by atoms with Crippen molar-refractivity contribution in [2.75, 3.05) is 0 Å². The summed E-state index contributed by atoms with van der Waals surface area (Å²) in [5.74, 6) is 1.39. The van der Waals surface area contributed by atoms with Gasteiger partial charge >= 0.3 is 141 Å². The van der Waals surface area contributed by atoms with E-state index in [9.17, 15) is 0 Å². The van der Waals surface area contributed by atoms with Gasteiger partial charge in [0.2, 0.25) is 0 Å². The molecular formula is C26H19Cl5K2N8Pt2. The van der Waals surface area contributed by atoms with Gasteiger partial charge in [-0.1, -0.05) is 30.5 Å². The first kappa shape index (κ1) is 40.3.